The molecule has 17 heavy (non-hydrogen) atoms. The van der Waals surface area contributed by atoms with Gasteiger partial charge in [-0.2, -0.15) is 5.26 Å². The highest BCUT2D eigenvalue weighted by Crippen LogP contribution is 2.22. The first-order chi connectivity index (χ1) is 8.33. The Kier molecular flexibility index (Phi) is 3.86. The van der Waals surface area contributed by atoms with E-state index in [1.807, 2.05) is 24.4 Å². The van der Waals surface area contributed by atoms with Gasteiger partial charge in [0.15, 0.2) is 0 Å². The lowest BCUT2D eigenvalue weighted by Gasteiger charge is -1.97. The predicted octanol–water partition coefficient (Wildman–Crippen LogP) is 3.22. The lowest BCUT2D eigenvalue weighted by molar-refractivity contribution is 0.134. The van der Waals surface area contributed by atoms with Gasteiger partial charge in [0.05, 0.1) is 23.9 Å². The Morgan fingerprint density at radius 1 is 1.35 bits per heavy atom. The van der Waals surface area contributed by atoms with Crippen LogP contribution in [0.3, 0.4) is 0 Å². The Labute approximate surface area is 104 Å². The Bertz CT molecular complexity index is 525. The van der Waals surface area contributed by atoms with Crippen molar-refractivity contribution in [2.24, 2.45) is 0 Å². The fourth-order valence-electron chi connectivity index (χ4n) is 1.41. The summed E-state index contributed by atoms with van der Waals surface area (Å²) in [6.07, 6.45) is 0. The summed E-state index contributed by atoms with van der Waals surface area (Å²) in [5, 5.41) is 11.7. The lowest BCUT2D eigenvalue weighted by Crippen LogP contribution is -1.90. The van der Waals surface area contributed by atoms with Crippen molar-refractivity contribution in [2.45, 2.75) is 13.5 Å². The molecule has 0 amide bonds. The van der Waals surface area contributed by atoms with Gasteiger partial charge in [-0.1, -0.05) is 12.1 Å². The van der Waals surface area contributed by atoms with Gasteiger partial charge in [-0.3, -0.25) is 0 Å². The summed E-state index contributed by atoms with van der Waals surface area (Å²) < 4.78 is 5.31. The number of aromatic nitrogens is 1. The predicted molar refractivity (Wildman–Crippen MR) is 67.6 cm³/mol. The van der Waals surface area contributed by atoms with Gasteiger partial charge < -0.3 is 4.74 Å². The molecular weight excluding hydrogens is 232 g/mol. The van der Waals surface area contributed by atoms with Crippen LogP contribution in [0.2, 0.25) is 0 Å². The van der Waals surface area contributed by atoms with Crippen LogP contribution in [0.1, 0.15) is 17.5 Å². The van der Waals surface area contributed by atoms with Gasteiger partial charge in [0.25, 0.3) is 0 Å². The van der Waals surface area contributed by atoms with Crippen molar-refractivity contribution in [1.82, 2.24) is 4.98 Å². The molecule has 0 atom stereocenters. The molecule has 0 fully saturated rings. The van der Waals surface area contributed by atoms with Gasteiger partial charge in [-0.25, -0.2) is 4.98 Å². The first-order valence-electron chi connectivity index (χ1n) is 5.36. The molecule has 0 aliphatic rings. The Morgan fingerprint density at radius 3 is 2.76 bits per heavy atom. The molecule has 4 heteroatoms. The average Bonchev–Trinajstić information content (AvgIpc) is 2.85. The maximum absolute atomic E-state index is 8.72. The van der Waals surface area contributed by atoms with Crippen LogP contribution in [0.25, 0.3) is 11.3 Å². The Hall–Kier alpha value is -1.70. The zero-order valence-corrected chi connectivity index (χ0v) is 10.3. The lowest BCUT2D eigenvalue weighted by atomic mass is 10.1. The van der Waals surface area contributed by atoms with E-state index in [4.69, 9.17) is 10.00 Å². The van der Waals surface area contributed by atoms with Crippen LogP contribution in [0.15, 0.2) is 29.6 Å². The molecule has 2 aromatic rings. The van der Waals surface area contributed by atoms with Crippen molar-refractivity contribution in [3.8, 4) is 17.3 Å². The van der Waals surface area contributed by atoms with Crippen LogP contribution in [0, 0.1) is 11.3 Å². The summed E-state index contributed by atoms with van der Waals surface area (Å²) in [7, 11) is 0. The normalized spacial score (nSPS) is 10.1. The molecule has 0 saturated carbocycles. The van der Waals surface area contributed by atoms with E-state index in [2.05, 4.69) is 11.1 Å². The molecular formula is C13H12N2OS. The van der Waals surface area contributed by atoms with Gasteiger partial charge in [0, 0.05) is 17.6 Å². The summed E-state index contributed by atoms with van der Waals surface area (Å²) in [6.45, 7) is 3.23. The summed E-state index contributed by atoms with van der Waals surface area (Å²) in [4.78, 5) is 4.48. The zero-order valence-electron chi connectivity index (χ0n) is 9.51. The smallest absolute Gasteiger partial charge is 0.119 e. The number of nitrogens with zero attached hydrogens (tertiary/aromatic N) is 2. The molecule has 0 bridgehead atoms. The molecule has 0 aliphatic carbocycles. The minimum Gasteiger partial charge on any atom is -0.375 e. The number of thiazole rings is 1. The van der Waals surface area contributed by atoms with Crippen LogP contribution in [0.5, 0.6) is 0 Å². The molecule has 1 aromatic carbocycles. The topological polar surface area (TPSA) is 45.9 Å². The van der Waals surface area contributed by atoms with Crippen LogP contribution >= 0.6 is 11.3 Å². The van der Waals surface area contributed by atoms with E-state index in [1.165, 1.54) is 0 Å². The van der Waals surface area contributed by atoms with E-state index in [0.717, 1.165) is 16.3 Å². The van der Waals surface area contributed by atoms with E-state index in [-0.39, 0.29) is 0 Å². The van der Waals surface area contributed by atoms with Gasteiger partial charge in [-0.15, -0.1) is 11.3 Å². The number of hydrogen-bond acceptors (Lipinski definition) is 4. The molecule has 0 aliphatic heterocycles. The molecule has 86 valence electrons. The van der Waals surface area contributed by atoms with E-state index in [1.54, 1.807) is 23.5 Å². The fourth-order valence-corrected chi connectivity index (χ4v) is 2.15. The first kappa shape index (κ1) is 11.8. The third-order valence-corrected chi connectivity index (χ3v) is 3.11. The second-order valence-electron chi connectivity index (χ2n) is 3.45. The number of benzene rings is 1. The highest BCUT2D eigenvalue weighted by atomic mass is 32.1. The fraction of sp³-hybridized carbons (Fsp3) is 0.231. The van der Waals surface area contributed by atoms with E-state index >= 15 is 0 Å². The minimum absolute atomic E-state index is 0.567. The molecule has 0 N–H and O–H groups in total. The molecule has 0 saturated heterocycles. The largest absolute Gasteiger partial charge is 0.375 e. The second kappa shape index (κ2) is 5.58. The van der Waals surface area contributed by atoms with E-state index in [9.17, 15) is 0 Å². The first-order valence-corrected chi connectivity index (χ1v) is 6.24. The summed E-state index contributed by atoms with van der Waals surface area (Å²) in [5.74, 6) is 0. The third kappa shape index (κ3) is 2.90. The molecule has 3 nitrogen and oxygen atoms in total. The number of hydrogen-bond donors (Lipinski definition) is 0. The van der Waals surface area contributed by atoms with Crippen molar-refractivity contribution in [2.75, 3.05) is 6.61 Å². The minimum atomic E-state index is 0.567. The Morgan fingerprint density at radius 2 is 2.12 bits per heavy atom. The average molecular weight is 244 g/mol. The van der Waals surface area contributed by atoms with Crippen LogP contribution in [-0.2, 0) is 11.3 Å². The quantitative estimate of drug-likeness (QED) is 0.829. The van der Waals surface area contributed by atoms with Crippen molar-refractivity contribution in [3.63, 3.8) is 0 Å². The van der Waals surface area contributed by atoms with Crippen molar-refractivity contribution >= 4 is 11.3 Å². The summed E-state index contributed by atoms with van der Waals surface area (Å²) >= 11 is 1.59. The van der Waals surface area contributed by atoms with Crippen LogP contribution < -0.4 is 0 Å². The zero-order chi connectivity index (χ0) is 12.1. The number of ether oxygens (including phenoxy) is 1. The van der Waals surface area contributed by atoms with Crippen molar-refractivity contribution in [1.29, 1.82) is 5.26 Å². The monoisotopic (exact) mass is 244 g/mol. The molecule has 0 spiro atoms. The standard InChI is InChI=1S/C13H12N2OS/c1-2-16-8-13-15-12(9-17-13)11-5-3-10(7-14)4-6-11/h3-6,9H,2,8H2,1H3. The maximum atomic E-state index is 8.72. The highest BCUT2D eigenvalue weighted by Gasteiger charge is 2.04. The number of rotatable bonds is 4. The summed E-state index contributed by atoms with van der Waals surface area (Å²) in [5.41, 5.74) is 2.63. The molecule has 0 radical (unpaired) electrons. The highest BCUT2D eigenvalue weighted by molar-refractivity contribution is 7.09. The van der Waals surface area contributed by atoms with Gasteiger partial charge >= 0.3 is 0 Å². The van der Waals surface area contributed by atoms with Crippen LogP contribution in [-0.4, -0.2) is 11.6 Å². The molecule has 1 aromatic heterocycles. The van der Waals surface area contributed by atoms with Gasteiger partial charge in [0.2, 0.25) is 0 Å². The summed E-state index contributed by atoms with van der Waals surface area (Å²) in [6, 6.07) is 9.54. The molecule has 1 heterocycles. The van der Waals surface area contributed by atoms with Gasteiger partial charge in [0.1, 0.15) is 5.01 Å². The maximum Gasteiger partial charge on any atom is 0.119 e. The molecule has 2 rings (SSSR count). The van der Waals surface area contributed by atoms with E-state index < -0.39 is 0 Å². The van der Waals surface area contributed by atoms with E-state index in [0.29, 0.717) is 18.8 Å². The van der Waals surface area contributed by atoms with Crippen molar-refractivity contribution in [3.05, 3.63) is 40.2 Å². The third-order valence-electron chi connectivity index (χ3n) is 2.29. The molecule has 0 unspecified atom stereocenters. The number of nitriles is 1. The second-order valence-corrected chi connectivity index (χ2v) is 4.40. The Balaban J connectivity index is 2.16. The van der Waals surface area contributed by atoms with Crippen LogP contribution in [0.4, 0.5) is 0 Å². The SMILES string of the molecule is CCOCc1nc(-c2ccc(C#N)cc2)cs1. The van der Waals surface area contributed by atoms with Gasteiger partial charge in [-0.05, 0) is 19.1 Å². The van der Waals surface area contributed by atoms with Crippen molar-refractivity contribution < 1.29 is 4.74 Å².